The van der Waals surface area contributed by atoms with Crippen molar-refractivity contribution in [2.45, 2.75) is 19.3 Å². The van der Waals surface area contributed by atoms with Gasteiger partial charge in [0.2, 0.25) is 0 Å². The smallest absolute Gasteiger partial charge is 0.308 e. The summed E-state index contributed by atoms with van der Waals surface area (Å²) in [6, 6.07) is 21.8. The molecule has 0 atom stereocenters. The molecule has 5 rings (SSSR count). The summed E-state index contributed by atoms with van der Waals surface area (Å²) in [5.74, 6) is -1.89. The molecule has 6 nitrogen and oxygen atoms in total. The Morgan fingerprint density at radius 1 is 0.722 bits per heavy atom. The zero-order valence-corrected chi connectivity index (χ0v) is 20.9. The highest BCUT2D eigenvalue weighted by atomic mass is 79.9. The number of Topliss-reactive ketones (excluding diaryl/α,β-unsaturated/α-hetero) is 2. The van der Waals surface area contributed by atoms with Gasteiger partial charge in [-0.25, -0.2) is 0 Å². The van der Waals surface area contributed by atoms with E-state index in [-0.39, 0.29) is 28.2 Å². The second kappa shape index (κ2) is 8.84. The number of ether oxygens (including phenoxy) is 2. The Morgan fingerprint density at radius 3 is 1.81 bits per heavy atom. The molecule has 0 aromatic heterocycles. The molecule has 0 fully saturated rings. The standard InChI is InChI=1S/C29H19BrO6/c1-16(31)35-25-15-24(26(36-17(2)32)21-8-4-3-7-20(21)25)29(18-11-13-19(30)14-12-18)27(33)22-9-5-6-10-23(22)28(29)34/h3-15H,1-2H3. The number of halogens is 1. The molecule has 4 aromatic rings. The monoisotopic (exact) mass is 542 g/mol. The summed E-state index contributed by atoms with van der Waals surface area (Å²) >= 11 is 3.41. The van der Waals surface area contributed by atoms with Crippen molar-refractivity contribution < 1.29 is 28.7 Å². The Labute approximate surface area is 215 Å². The summed E-state index contributed by atoms with van der Waals surface area (Å²) in [7, 11) is 0. The average molecular weight is 543 g/mol. The molecule has 0 heterocycles. The van der Waals surface area contributed by atoms with Crippen LogP contribution in [0.2, 0.25) is 0 Å². The number of rotatable bonds is 4. The van der Waals surface area contributed by atoms with E-state index >= 15 is 0 Å². The minimum absolute atomic E-state index is 0.0615. The molecular weight excluding hydrogens is 524 g/mol. The molecule has 0 N–H and O–H groups in total. The normalized spacial score (nSPS) is 14.0. The van der Waals surface area contributed by atoms with E-state index in [0.717, 1.165) is 4.47 Å². The van der Waals surface area contributed by atoms with Crippen LogP contribution in [-0.2, 0) is 15.0 Å². The lowest BCUT2D eigenvalue weighted by atomic mass is 9.69. The van der Waals surface area contributed by atoms with Crippen LogP contribution in [0, 0.1) is 0 Å². The van der Waals surface area contributed by atoms with Gasteiger partial charge < -0.3 is 9.47 Å². The van der Waals surface area contributed by atoms with Crippen LogP contribution in [0.15, 0.2) is 83.3 Å². The van der Waals surface area contributed by atoms with Crippen LogP contribution < -0.4 is 9.47 Å². The van der Waals surface area contributed by atoms with Gasteiger partial charge in [-0.3, -0.25) is 19.2 Å². The lowest BCUT2D eigenvalue weighted by Gasteiger charge is -2.30. The average Bonchev–Trinajstić information content (AvgIpc) is 3.08. The molecule has 0 radical (unpaired) electrons. The number of benzene rings is 4. The molecule has 4 aromatic carbocycles. The van der Waals surface area contributed by atoms with E-state index in [0.29, 0.717) is 16.3 Å². The molecule has 0 saturated heterocycles. The van der Waals surface area contributed by atoms with E-state index in [9.17, 15) is 19.2 Å². The van der Waals surface area contributed by atoms with Crippen LogP contribution >= 0.6 is 15.9 Å². The lowest BCUT2D eigenvalue weighted by Crippen LogP contribution is -2.40. The first-order chi connectivity index (χ1) is 17.2. The fourth-order valence-corrected chi connectivity index (χ4v) is 5.10. The summed E-state index contributed by atoms with van der Waals surface area (Å²) in [5.41, 5.74) is -0.813. The van der Waals surface area contributed by atoms with Crippen molar-refractivity contribution >= 4 is 50.2 Å². The van der Waals surface area contributed by atoms with Crippen molar-refractivity contribution in [2.75, 3.05) is 0 Å². The third-order valence-electron chi connectivity index (χ3n) is 6.24. The molecule has 7 heteroatoms. The maximum absolute atomic E-state index is 14.2. The fourth-order valence-electron chi connectivity index (χ4n) is 4.84. The Kier molecular flexibility index (Phi) is 5.80. The van der Waals surface area contributed by atoms with Gasteiger partial charge in [-0.2, -0.15) is 0 Å². The minimum Gasteiger partial charge on any atom is -0.426 e. The van der Waals surface area contributed by atoms with E-state index in [4.69, 9.17) is 9.47 Å². The molecule has 1 aliphatic carbocycles. The number of fused-ring (bicyclic) bond motifs is 2. The van der Waals surface area contributed by atoms with Crippen LogP contribution in [0.3, 0.4) is 0 Å². The molecular formula is C29H19BrO6. The number of carbonyl (C=O) groups excluding carboxylic acids is 4. The Morgan fingerprint density at radius 2 is 1.25 bits per heavy atom. The summed E-state index contributed by atoms with van der Waals surface area (Å²) in [5, 5.41) is 0.920. The van der Waals surface area contributed by atoms with Gasteiger partial charge in [-0.05, 0) is 23.8 Å². The third kappa shape index (κ3) is 3.55. The van der Waals surface area contributed by atoms with Crippen molar-refractivity contribution in [1.82, 2.24) is 0 Å². The van der Waals surface area contributed by atoms with E-state index < -0.39 is 28.9 Å². The third-order valence-corrected chi connectivity index (χ3v) is 6.76. The van der Waals surface area contributed by atoms with Crippen LogP contribution in [-0.4, -0.2) is 23.5 Å². The Bertz CT molecular complexity index is 1550. The van der Waals surface area contributed by atoms with Gasteiger partial charge in [-0.1, -0.05) is 76.6 Å². The number of ketones is 2. The van der Waals surface area contributed by atoms with Gasteiger partial charge in [0.05, 0.1) is 0 Å². The van der Waals surface area contributed by atoms with Gasteiger partial charge in [0.1, 0.15) is 11.5 Å². The first kappa shape index (κ1) is 23.6. The Hall–Kier alpha value is -4.10. The predicted octanol–water partition coefficient (Wildman–Crippen LogP) is 5.82. The van der Waals surface area contributed by atoms with E-state index in [1.807, 2.05) is 0 Å². The first-order valence-electron chi connectivity index (χ1n) is 11.1. The van der Waals surface area contributed by atoms with Crippen LogP contribution in [0.1, 0.15) is 45.7 Å². The molecule has 0 spiro atoms. The maximum atomic E-state index is 14.2. The van der Waals surface area contributed by atoms with Crippen molar-refractivity contribution in [1.29, 1.82) is 0 Å². The summed E-state index contributed by atoms with van der Waals surface area (Å²) in [6.45, 7) is 2.51. The Balaban J connectivity index is 1.96. The van der Waals surface area contributed by atoms with Crippen molar-refractivity contribution in [3.8, 4) is 11.5 Å². The highest BCUT2D eigenvalue weighted by Crippen LogP contribution is 2.51. The van der Waals surface area contributed by atoms with Crippen LogP contribution in [0.25, 0.3) is 10.8 Å². The zero-order valence-electron chi connectivity index (χ0n) is 19.3. The lowest BCUT2D eigenvalue weighted by molar-refractivity contribution is -0.133. The predicted molar refractivity (Wildman–Crippen MR) is 137 cm³/mol. The minimum atomic E-state index is -1.87. The number of esters is 2. The molecule has 36 heavy (non-hydrogen) atoms. The fraction of sp³-hybridized carbons (Fsp3) is 0.103. The van der Waals surface area contributed by atoms with Crippen molar-refractivity contribution in [2.24, 2.45) is 0 Å². The highest BCUT2D eigenvalue weighted by molar-refractivity contribution is 9.10. The van der Waals surface area contributed by atoms with E-state index in [1.165, 1.54) is 19.9 Å². The summed E-state index contributed by atoms with van der Waals surface area (Å²) < 4.78 is 12.0. The molecule has 0 amide bonds. The first-order valence-corrected chi connectivity index (χ1v) is 11.9. The SMILES string of the molecule is CC(=O)Oc1cc(C2(c3ccc(Br)cc3)C(=O)c3ccccc3C2=O)c(OC(C)=O)c2ccccc12. The highest BCUT2D eigenvalue weighted by Gasteiger charge is 2.57. The molecule has 178 valence electrons. The molecule has 0 unspecified atom stereocenters. The summed E-state index contributed by atoms with van der Waals surface area (Å²) in [6.07, 6.45) is 0. The van der Waals surface area contributed by atoms with Gasteiger partial charge in [0.25, 0.3) is 0 Å². The van der Waals surface area contributed by atoms with E-state index in [1.54, 1.807) is 72.8 Å². The molecule has 0 saturated carbocycles. The number of hydrogen-bond donors (Lipinski definition) is 0. The topological polar surface area (TPSA) is 86.7 Å². The van der Waals surface area contributed by atoms with Gasteiger partial charge >= 0.3 is 11.9 Å². The molecule has 0 bridgehead atoms. The molecule has 1 aliphatic rings. The zero-order chi connectivity index (χ0) is 25.6. The second-order valence-electron chi connectivity index (χ2n) is 8.44. The van der Waals surface area contributed by atoms with Gasteiger partial charge in [0.15, 0.2) is 17.0 Å². The molecule has 0 aliphatic heterocycles. The maximum Gasteiger partial charge on any atom is 0.308 e. The number of hydrogen-bond acceptors (Lipinski definition) is 6. The largest absolute Gasteiger partial charge is 0.426 e. The van der Waals surface area contributed by atoms with Gasteiger partial charge in [-0.15, -0.1) is 0 Å². The quantitative estimate of drug-likeness (QED) is 0.183. The van der Waals surface area contributed by atoms with Gasteiger partial charge in [0, 0.05) is 45.8 Å². The number of carbonyl (C=O) groups is 4. The second-order valence-corrected chi connectivity index (χ2v) is 9.36. The van der Waals surface area contributed by atoms with Crippen LogP contribution in [0.5, 0.6) is 11.5 Å². The summed E-state index contributed by atoms with van der Waals surface area (Å²) in [4.78, 5) is 52.8. The van der Waals surface area contributed by atoms with Crippen LogP contribution in [0.4, 0.5) is 0 Å². The van der Waals surface area contributed by atoms with E-state index in [2.05, 4.69) is 15.9 Å². The van der Waals surface area contributed by atoms with Crippen molar-refractivity contribution in [3.63, 3.8) is 0 Å². The van der Waals surface area contributed by atoms with Crippen molar-refractivity contribution in [3.05, 3.63) is 106 Å².